The number of pyridine rings is 1. The molecule has 0 spiro atoms. The highest BCUT2D eigenvalue weighted by atomic mass is 32.2. The Morgan fingerprint density at radius 3 is 2.42 bits per heavy atom. The van der Waals surface area contributed by atoms with Crippen molar-refractivity contribution < 1.29 is 22.3 Å². The van der Waals surface area contributed by atoms with Gasteiger partial charge in [0.1, 0.15) is 11.6 Å². The van der Waals surface area contributed by atoms with Gasteiger partial charge in [-0.25, -0.2) is 17.8 Å². The fourth-order valence-corrected chi connectivity index (χ4v) is 5.50. The Morgan fingerprint density at radius 2 is 1.76 bits per heavy atom. The monoisotopic (exact) mass is 476 g/mol. The Bertz CT molecular complexity index is 1060. The van der Waals surface area contributed by atoms with Gasteiger partial charge in [0.2, 0.25) is 10.0 Å². The highest BCUT2D eigenvalue weighted by molar-refractivity contribution is 7.89. The fraction of sp³-hybridized carbons (Fsp3) is 0.478. The molecule has 1 aromatic carbocycles. The number of nitrogens with one attached hydrogen (secondary N) is 1. The van der Waals surface area contributed by atoms with Gasteiger partial charge < -0.3 is 15.0 Å². The average Bonchev–Trinajstić information content (AvgIpc) is 3.13. The van der Waals surface area contributed by atoms with Crippen molar-refractivity contribution in [3.05, 3.63) is 53.5 Å². The second kappa shape index (κ2) is 10.6. The quantitative estimate of drug-likeness (QED) is 0.689. The number of carbonyl (C=O) groups excluding carboxylic acids is 1. The minimum Gasteiger partial charge on any atom is -0.379 e. The molecule has 2 fully saturated rings. The molecule has 3 heterocycles. The summed E-state index contributed by atoms with van der Waals surface area (Å²) in [6.45, 7) is 3.20. The summed E-state index contributed by atoms with van der Waals surface area (Å²) < 4.78 is 46.5. The van der Waals surface area contributed by atoms with Gasteiger partial charge in [0.25, 0.3) is 5.91 Å². The van der Waals surface area contributed by atoms with E-state index in [4.69, 9.17) is 4.74 Å². The molecule has 0 unspecified atom stereocenters. The minimum absolute atomic E-state index is 0.112. The Labute approximate surface area is 193 Å². The summed E-state index contributed by atoms with van der Waals surface area (Å²) in [7, 11) is -3.83. The maximum atomic E-state index is 14.4. The van der Waals surface area contributed by atoms with Crippen molar-refractivity contribution in [3.63, 3.8) is 0 Å². The van der Waals surface area contributed by atoms with E-state index in [9.17, 15) is 17.6 Å². The minimum atomic E-state index is -3.83. The van der Waals surface area contributed by atoms with E-state index < -0.39 is 21.7 Å². The summed E-state index contributed by atoms with van der Waals surface area (Å²) in [4.78, 5) is 19.3. The van der Waals surface area contributed by atoms with Gasteiger partial charge in [-0.3, -0.25) is 4.79 Å². The zero-order valence-electron chi connectivity index (χ0n) is 18.5. The third-order valence-corrected chi connectivity index (χ3v) is 7.88. The maximum absolute atomic E-state index is 14.4. The van der Waals surface area contributed by atoms with Crippen molar-refractivity contribution in [2.24, 2.45) is 0 Å². The molecule has 2 aliphatic rings. The molecule has 0 atom stereocenters. The van der Waals surface area contributed by atoms with Gasteiger partial charge in [-0.2, -0.15) is 4.31 Å². The van der Waals surface area contributed by atoms with E-state index >= 15 is 0 Å². The van der Waals surface area contributed by atoms with Crippen LogP contribution in [-0.4, -0.2) is 63.0 Å². The van der Waals surface area contributed by atoms with Crippen molar-refractivity contribution >= 4 is 21.7 Å². The lowest BCUT2D eigenvalue weighted by atomic mass is 10.2. The number of aromatic nitrogens is 1. The lowest BCUT2D eigenvalue weighted by molar-refractivity contribution is 0.0730. The SMILES string of the molecule is O=C(NCc1ccc(N2CCCCCC2)nc1)c1cc(S(=O)(=O)N2CCOCC2)ccc1F. The molecule has 0 bridgehead atoms. The number of carbonyl (C=O) groups is 1. The number of nitrogens with zero attached hydrogens (tertiary/aromatic N) is 3. The first kappa shape index (κ1) is 23.6. The first-order valence-corrected chi connectivity index (χ1v) is 12.7. The van der Waals surface area contributed by atoms with Crippen LogP contribution in [0.3, 0.4) is 0 Å². The van der Waals surface area contributed by atoms with E-state index in [1.165, 1.54) is 23.2 Å². The van der Waals surface area contributed by atoms with Crippen LogP contribution < -0.4 is 10.2 Å². The molecule has 0 radical (unpaired) electrons. The van der Waals surface area contributed by atoms with Crippen LogP contribution in [0.4, 0.5) is 10.2 Å². The number of rotatable bonds is 6. The van der Waals surface area contributed by atoms with Crippen LogP contribution in [-0.2, 0) is 21.3 Å². The molecular weight excluding hydrogens is 447 g/mol. The van der Waals surface area contributed by atoms with Gasteiger partial charge in [0, 0.05) is 38.9 Å². The van der Waals surface area contributed by atoms with E-state index in [1.54, 1.807) is 6.20 Å². The smallest absolute Gasteiger partial charge is 0.254 e. The summed E-state index contributed by atoms with van der Waals surface area (Å²) in [6, 6.07) is 7.12. The summed E-state index contributed by atoms with van der Waals surface area (Å²) in [5, 5.41) is 2.66. The number of halogens is 1. The maximum Gasteiger partial charge on any atom is 0.254 e. The summed E-state index contributed by atoms with van der Waals surface area (Å²) >= 11 is 0. The Balaban J connectivity index is 1.41. The van der Waals surface area contributed by atoms with Crippen molar-refractivity contribution in [2.45, 2.75) is 37.1 Å². The molecule has 2 aromatic rings. The number of amides is 1. The second-order valence-corrected chi connectivity index (χ2v) is 10.2. The predicted octanol–water partition coefficient (Wildman–Crippen LogP) is 2.55. The summed E-state index contributed by atoms with van der Waals surface area (Å²) in [5.41, 5.74) is 0.470. The third-order valence-electron chi connectivity index (χ3n) is 5.98. The normalized spacial score (nSPS) is 18.0. The molecule has 0 saturated carbocycles. The predicted molar refractivity (Wildman–Crippen MR) is 122 cm³/mol. The first-order valence-electron chi connectivity index (χ1n) is 11.3. The van der Waals surface area contributed by atoms with E-state index in [1.807, 2.05) is 12.1 Å². The Kier molecular flexibility index (Phi) is 7.56. The van der Waals surface area contributed by atoms with Crippen LogP contribution in [0.1, 0.15) is 41.6 Å². The van der Waals surface area contributed by atoms with Crippen molar-refractivity contribution in [3.8, 4) is 0 Å². The van der Waals surface area contributed by atoms with Gasteiger partial charge in [0.05, 0.1) is 23.7 Å². The van der Waals surface area contributed by atoms with E-state index in [0.717, 1.165) is 49.4 Å². The van der Waals surface area contributed by atoms with E-state index in [0.29, 0.717) is 13.2 Å². The first-order chi connectivity index (χ1) is 15.9. The molecule has 2 aliphatic heterocycles. The number of morpholine rings is 1. The molecule has 10 heteroatoms. The van der Waals surface area contributed by atoms with Crippen LogP contribution >= 0.6 is 0 Å². The van der Waals surface area contributed by atoms with Crippen LogP contribution in [0.25, 0.3) is 0 Å². The molecule has 1 aromatic heterocycles. The standard InChI is InChI=1S/C23H29FN4O4S/c24-21-7-6-19(33(30,31)28-11-13-32-14-12-28)15-20(21)23(29)26-17-18-5-8-22(25-16-18)27-9-3-1-2-4-10-27/h5-8,15-16H,1-4,9-14,17H2,(H,26,29). The Morgan fingerprint density at radius 1 is 1.03 bits per heavy atom. The number of hydrogen-bond acceptors (Lipinski definition) is 6. The molecule has 0 aliphatic carbocycles. The van der Waals surface area contributed by atoms with E-state index in [2.05, 4.69) is 15.2 Å². The number of benzene rings is 1. The summed E-state index contributed by atoms with van der Waals surface area (Å²) in [5.74, 6) is -0.537. The number of sulfonamides is 1. The topological polar surface area (TPSA) is 91.8 Å². The highest BCUT2D eigenvalue weighted by Gasteiger charge is 2.28. The molecule has 8 nitrogen and oxygen atoms in total. The molecule has 2 saturated heterocycles. The van der Waals surface area contributed by atoms with E-state index in [-0.39, 0.29) is 30.1 Å². The van der Waals surface area contributed by atoms with Crippen LogP contribution in [0, 0.1) is 5.82 Å². The second-order valence-electron chi connectivity index (χ2n) is 8.27. The lowest BCUT2D eigenvalue weighted by Gasteiger charge is -2.26. The lowest BCUT2D eigenvalue weighted by Crippen LogP contribution is -2.40. The largest absolute Gasteiger partial charge is 0.379 e. The zero-order chi connectivity index (χ0) is 23.3. The van der Waals surface area contributed by atoms with Crippen LogP contribution in [0.5, 0.6) is 0 Å². The molecule has 1 N–H and O–H groups in total. The molecule has 4 rings (SSSR count). The summed E-state index contributed by atoms with van der Waals surface area (Å²) in [6.07, 6.45) is 6.51. The Hall–Kier alpha value is -2.56. The highest BCUT2D eigenvalue weighted by Crippen LogP contribution is 2.21. The molecule has 178 valence electrons. The van der Waals surface area contributed by atoms with Crippen molar-refractivity contribution in [1.29, 1.82) is 0 Å². The molecule has 33 heavy (non-hydrogen) atoms. The van der Waals surface area contributed by atoms with Gasteiger partial charge >= 0.3 is 0 Å². The third kappa shape index (κ3) is 5.69. The van der Waals surface area contributed by atoms with Gasteiger partial charge in [-0.05, 0) is 42.7 Å². The fourth-order valence-electron chi connectivity index (χ4n) is 4.06. The van der Waals surface area contributed by atoms with Crippen LogP contribution in [0.15, 0.2) is 41.4 Å². The van der Waals surface area contributed by atoms with Crippen LogP contribution in [0.2, 0.25) is 0 Å². The number of ether oxygens (including phenoxy) is 1. The van der Waals surface area contributed by atoms with Crippen molar-refractivity contribution in [2.75, 3.05) is 44.3 Å². The van der Waals surface area contributed by atoms with Crippen molar-refractivity contribution in [1.82, 2.24) is 14.6 Å². The van der Waals surface area contributed by atoms with Gasteiger partial charge in [0.15, 0.2) is 0 Å². The van der Waals surface area contributed by atoms with Gasteiger partial charge in [-0.1, -0.05) is 18.9 Å². The average molecular weight is 477 g/mol. The number of anilines is 1. The zero-order valence-corrected chi connectivity index (χ0v) is 19.3. The molecular formula is C23H29FN4O4S. The number of hydrogen-bond donors (Lipinski definition) is 1. The molecule has 1 amide bonds. The van der Waals surface area contributed by atoms with Gasteiger partial charge in [-0.15, -0.1) is 0 Å².